The Labute approximate surface area is 226 Å². The molecule has 0 spiro atoms. The molecule has 0 atom stereocenters. The Bertz CT molecular complexity index is 680. The van der Waals surface area contributed by atoms with Crippen LogP contribution in [0, 0.1) is 6.92 Å². The molecule has 0 radical (unpaired) electrons. The molecule has 1 rings (SSSR count). The standard InChI is InChI=1S/C24H52P.C7H8O3S/c1-5-9-13-17-21-25(22-18-14-10-6-2,23-19-15-11-7-3)24-20-16-12-8-4;1-6-4-2-3-5-7(6)11(8,9)10/h5-24H2,1-4H3;2-5H,1H3,(H,8,9,10)/q+1;/p-1. The number of unbranched alkanes of at least 4 members (excludes halogenated alkanes) is 12. The Morgan fingerprint density at radius 1 is 0.583 bits per heavy atom. The number of benzene rings is 1. The Balaban J connectivity index is 0.000000918. The van der Waals surface area contributed by atoms with Crippen LogP contribution in [0.4, 0.5) is 0 Å². The van der Waals surface area contributed by atoms with Crippen LogP contribution in [-0.2, 0) is 10.1 Å². The highest BCUT2D eigenvalue weighted by molar-refractivity contribution is 7.85. The first-order chi connectivity index (χ1) is 17.3. The minimum absolute atomic E-state index is 0.139. The van der Waals surface area contributed by atoms with Gasteiger partial charge in [0.15, 0.2) is 0 Å². The third kappa shape index (κ3) is 17.9. The molecule has 0 bridgehead atoms. The molecular formula is C31H59O3PS. The molecule has 212 valence electrons. The molecule has 5 heteroatoms. The van der Waals surface area contributed by atoms with Gasteiger partial charge in [0.25, 0.3) is 0 Å². The van der Waals surface area contributed by atoms with E-state index in [1.54, 1.807) is 43.7 Å². The van der Waals surface area contributed by atoms with E-state index in [0.717, 1.165) is 0 Å². The molecule has 0 unspecified atom stereocenters. The Morgan fingerprint density at radius 3 is 1.17 bits per heavy atom. The maximum atomic E-state index is 10.5. The van der Waals surface area contributed by atoms with Gasteiger partial charge in [-0.15, -0.1) is 0 Å². The minimum atomic E-state index is -4.28. The molecule has 0 fully saturated rings. The Morgan fingerprint density at radius 2 is 0.917 bits per heavy atom. The first kappa shape index (κ1) is 35.6. The smallest absolute Gasteiger partial charge is 0.124 e. The average Bonchev–Trinajstić information content (AvgIpc) is 2.85. The molecule has 1 aromatic rings. The van der Waals surface area contributed by atoms with Crippen LogP contribution < -0.4 is 0 Å². The summed E-state index contributed by atoms with van der Waals surface area (Å²) in [5, 5.41) is 0. The zero-order valence-corrected chi connectivity index (χ0v) is 26.2. The normalized spacial score (nSPS) is 11.8. The van der Waals surface area contributed by atoms with Crippen molar-refractivity contribution in [1.82, 2.24) is 0 Å². The lowest BCUT2D eigenvalue weighted by atomic mass is 10.2. The van der Waals surface area contributed by atoms with Gasteiger partial charge >= 0.3 is 0 Å². The van der Waals surface area contributed by atoms with Gasteiger partial charge in [-0.2, -0.15) is 0 Å². The fourth-order valence-electron chi connectivity index (χ4n) is 5.00. The average molecular weight is 543 g/mol. The van der Waals surface area contributed by atoms with E-state index >= 15 is 0 Å². The van der Waals surface area contributed by atoms with E-state index in [2.05, 4.69) is 27.7 Å². The van der Waals surface area contributed by atoms with Crippen molar-refractivity contribution in [3.05, 3.63) is 29.8 Å². The number of rotatable bonds is 21. The zero-order valence-electron chi connectivity index (χ0n) is 24.5. The first-order valence-electron chi connectivity index (χ1n) is 15.1. The van der Waals surface area contributed by atoms with Crippen molar-refractivity contribution in [2.45, 2.75) is 142 Å². The van der Waals surface area contributed by atoms with Gasteiger partial charge in [-0.3, -0.25) is 0 Å². The van der Waals surface area contributed by atoms with E-state index in [4.69, 9.17) is 0 Å². The second kappa shape index (κ2) is 22.5. The number of aryl methyl sites for hydroxylation is 1. The van der Waals surface area contributed by atoms with E-state index in [1.165, 1.54) is 115 Å². The topological polar surface area (TPSA) is 57.2 Å². The van der Waals surface area contributed by atoms with Crippen molar-refractivity contribution in [3.8, 4) is 0 Å². The minimum Gasteiger partial charge on any atom is -0.744 e. The summed E-state index contributed by atoms with van der Waals surface area (Å²) in [7, 11) is -4.94. The van der Waals surface area contributed by atoms with Gasteiger partial charge in [-0.1, -0.05) is 97.3 Å². The summed E-state index contributed by atoms with van der Waals surface area (Å²) in [6.45, 7) is 11.0. The van der Waals surface area contributed by atoms with Crippen LogP contribution in [0.25, 0.3) is 0 Å². The predicted octanol–water partition coefficient (Wildman–Crippen LogP) is 10.2. The number of hydrogen-bond acceptors (Lipinski definition) is 3. The van der Waals surface area contributed by atoms with Crippen molar-refractivity contribution in [3.63, 3.8) is 0 Å². The molecule has 0 amide bonds. The molecular weight excluding hydrogens is 483 g/mol. The van der Waals surface area contributed by atoms with E-state index in [9.17, 15) is 13.0 Å². The van der Waals surface area contributed by atoms with E-state index in [1.807, 2.05) is 0 Å². The quantitative estimate of drug-likeness (QED) is 0.0882. The summed E-state index contributed by atoms with van der Waals surface area (Å²) in [4.78, 5) is -0.139. The molecule has 3 nitrogen and oxygen atoms in total. The van der Waals surface area contributed by atoms with Crippen molar-refractivity contribution in [2.75, 3.05) is 24.6 Å². The third-order valence-electron chi connectivity index (χ3n) is 7.31. The van der Waals surface area contributed by atoms with Crippen molar-refractivity contribution >= 4 is 17.4 Å². The van der Waals surface area contributed by atoms with Gasteiger partial charge in [0, 0.05) is 7.26 Å². The molecule has 1 aromatic carbocycles. The predicted molar refractivity (Wildman–Crippen MR) is 162 cm³/mol. The maximum Gasteiger partial charge on any atom is 0.124 e. The van der Waals surface area contributed by atoms with Gasteiger partial charge in [-0.05, 0) is 69.9 Å². The van der Waals surface area contributed by atoms with Crippen LogP contribution in [0.5, 0.6) is 0 Å². The van der Waals surface area contributed by atoms with Crippen LogP contribution in [0.2, 0.25) is 0 Å². The summed E-state index contributed by atoms with van der Waals surface area (Å²) < 4.78 is 31.5. The molecule has 0 aliphatic rings. The van der Waals surface area contributed by atoms with Gasteiger partial charge < -0.3 is 4.55 Å². The van der Waals surface area contributed by atoms with Gasteiger partial charge in [0.05, 0.1) is 29.5 Å². The highest BCUT2D eigenvalue weighted by Gasteiger charge is 2.34. The summed E-state index contributed by atoms with van der Waals surface area (Å²) in [5.41, 5.74) is 0.488. The van der Waals surface area contributed by atoms with Gasteiger partial charge in [0.2, 0.25) is 0 Å². The Kier molecular flexibility index (Phi) is 22.3. The first-order valence-corrected chi connectivity index (χ1v) is 19.1. The lowest BCUT2D eigenvalue weighted by Gasteiger charge is -2.28. The van der Waals surface area contributed by atoms with E-state index < -0.39 is 17.4 Å². The SMILES string of the molecule is CCCCCC[P+](CCCCCC)(CCCCCC)CCCCCC.Cc1ccccc1S(=O)(=O)[O-]. The van der Waals surface area contributed by atoms with Crippen LogP contribution in [0.3, 0.4) is 0 Å². The molecule has 0 saturated carbocycles. The van der Waals surface area contributed by atoms with Crippen LogP contribution in [-0.4, -0.2) is 37.6 Å². The van der Waals surface area contributed by atoms with Crippen molar-refractivity contribution in [2.24, 2.45) is 0 Å². The fourth-order valence-corrected chi connectivity index (χ4v) is 10.6. The lowest BCUT2D eigenvalue weighted by Crippen LogP contribution is -2.13. The van der Waals surface area contributed by atoms with Crippen LogP contribution in [0.15, 0.2) is 29.2 Å². The van der Waals surface area contributed by atoms with Crippen LogP contribution >= 0.6 is 7.26 Å². The highest BCUT2D eigenvalue weighted by Crippen LogP contribution is 2.61. The molecule has 0 aliphatic heterocycles. The molecule has 36 heavy (non-hydrogen) atoms. The zero-order chi connectivity index (χ0) is 27.1. The fraction of sp³-hybridized carbons (Fsp3) is 0.806. The van der Waals surface area contributed by atoms with E-state index in [-0.39, 0.29) is 4.90 Å². The second-order valence-corrected chi connectivity index (χ2v) is 16.5. The second-order valence-electron chi connectivity index (χ2n) is 10.7. The van der Waals surface area contributed by atoms with E-state index in [0.29, 0.717) is 5.56 Å². The largest absolute Gasteiger partial charge is 0.744 e. The number of hydrogen-bond donors (Lipinski definition) is 0. The molecule has 0 aliphatic carbocycles. The summed E-state index contributed by atoms with van der Waals surface area (Å²) >= 11 is 0. The van der Waals surface area contributed by atoms with Gasteiger partial charge in [0.1, 0.15) is 10.1 Å². The summed E-state index contributed by atoms with van der Waals surface area (Å²) in [6.07, 6.45) is 30.1. The molecule has 0 N–H and O–H groups in total. The maximum absolute atomic E-state index is 10.5. The third-order valence-corrected chi connectivity index (χ3v) is 13.4. The monoisotopic (exact) mass is 542 g/mol. The van der Waals surface area contributed by atoms with Gasteiger partial charge in [-0.25, -0.2) is 8.42 Å². The summed E-state index contributed by atoms with van der Waals surface area (Å²) in [6, 6.07) is 6.10. The van der Waals surface area contributed by atoms with Crippen LogP contribution in [0.1, 0.15) is 136 Å². The van der Waals surface area contributed by atoms with Crippen molar-refractivity contribution in [1.29, 1.82) is 0 Å². The molecule has 0 saturated heterocycles. The lowest BCUT2D eigenvalue weighted by molar-refractivity contribution is 0.462. The highest BCUT2D eigenvalue weighted by atomic mass is 32.2. The Hall–Kier alpha value is -0.440. The van der Waals surface area contributed by atoms with Crippen molar-refractivity contribution < 1.29 is 13.0 Å². The summed E-state index contributed by atoms with van der Waals surface area (Å²) in [5.74, 6) is 0. The molecule has 0 aromatic heterocycles. The molecule has 0 heterocycles.